The molecule has 2 heterocycles. The summed E-state index contributed by atoms with van der Waals surface area (Å²) >= 11 is 3.22. The molecule has 1 aliphatic rings. The number of aliphatic hydroxyl groups excluding tert-OH is 1. The average Bonchev–Trinajstić information content (AvgIpc) is 2.75. The van der Waals surface area contributed by atoms with Crippen molar-refractivity contribution < 1.29 is 14.3 Å². The van der Waals surface area contributed by atoms with E-state index in [1.807, 2.05) is 0 Å². The van der Waals surface area contributed by atoms with Gasteiger partial charge in [0.25, 0.3) is 5.56 Å². The van der Waals surface area contributed by atoms with Crippen molar-refractivity contribution in [3.8, 4) is 0 Å². The predicted octanol–water partition coefficient (Wildman–Crippen LogP) is 0.542. The zero-order chi connectivity index (χ0) is 14.0. The normalized spacial score (nSPS) is 22.8. The van der Waals surface area contributed by atoms with Crippen LogP contribution in [0.15, 0.2) is 27.6 Å². The van der Waals surface area contributed by atoms with Gasteiger partial charge < -0.3 is 14.6 Å². The lowest BCUT2D eigenvalue weighted by Gasteiger charge is -2.22. The number of amides is 1. The summed E-state index contributed by atoms with van der Waals surface area (Å²) < 4.78 is 15.2. The molecule has 7 heteroatoms. The second kappa shape index (κ2) is 5.83. The van der Waals surface area contributed by atoms with Gasteiger partial charge in [0.05, 0.1) is 19.2 Å². The first kappa shape index (κ1) is 14.2. The van der Waals surface area contributed by atoms with E-state index in [4.69, 9.17) is 5.11 Å². The number of pyridine rings is 1. The van der Waals surface area contributed by atoms with Gasteiger partial charge in [0.2, 0.25) is 5.91 Å². The van der Waals surface area contributed by atoms with Crippen molar-refractivity contribution in [1.29, 1.82) is 0 Å². The molecular formula is C12H14BrFN2O3. The number of hydrogen-bond donors (Lipinski definition) is 1. The van der Waals surface area contributed by atoms with Crippen molar-refractivity contribution >= 4 is 21.8 Å². The van der Waals surface area contributed by atoms with Gasteiger partial charge >= 0.3 is 0 Å². The second-order valence-corrected chi connectivity index (χ2v) is 5.44. The molecule has 0 radical (unpaired) electrons. The van der Waals surface area contributed by atoms with Crippen LogP contribution in [0.4, 0.5) is 4.39 Å². The fraction of sp³-hybridized carbons (Fsp3) is 0.500. The molecule has 104 valence electrons. The molecule has 1 aromatic heterocycles. The number of rotatable bonds is 3. The van der Waals surface area contributed by atoms with Crippen molar-refractivity contribution in [3.05, 3.63) is 33.2 Å². The molecule has 1 N–H and O–H groups in total. The van der Waals surface area contributed by atoms with E-state index in [1.54, 1.807) is 6.07 Å². The standard InChI is InChI=1S/C12H14BrFN2O3/c13-8-1-2-11(18)15(4-8)6-12(19)16-5-9(14)3-10(16)7-17/h1-2,4,9-10,17H,3,5-7H2/t9-,10-/m0/s1. The Morgan fingerprint density at radius 1 is 1.53 bits per heavy atom. The fourth-order valence-corrected chi connectivity index (χ4v) is 2.58. The molecule has 2 atom stereocenters. The van der Waals surface area contributed by atoms with Gasteiger partial charge in [0.15, 0.2) is 0 Å². The van der Waals surface area contributed by atoms with Gasteiger partial charge in [-0.2, -0.15) is 0 Å². The van der Waals surface area contributed by atoms with Crippen LogP contribution in [0.25, 0.3) is 0 Å². The highest BCUT2D eigenvalue weighted by Gasteiger charge is 2.34. The lowest BCUT2D eigenvalue weighted by atomic mass is 10.2. The zero-order valence-corrected chi connectivity index (χ0v) is 11.7. The van der Waals surface area contributed by atoms with Gasteiger partial charge in [0.1, 0.15) is 12.7 Å². The minimum absolute atomic E-state index is 0.0210. The van der Waals surface area contributed by atoms with Gasteiger partial charge in [-0.05, 0) is 22.0 Å². The summed E-state index contributed by atoms with van der Waals surface area (Å²) in [6.07, 6.45) is 0.549. The molecule has 0 unspecified atom stereocenters. The topological polar surface area (TPSA) is 62.5 Å². The molecule has 0 aromatic carbocycles. The second-order valence-electron chi connectivity index (χ2n) is 4.53. The maximum Gasteiger partial charge on any atom is 0.251 e. The summed E-state index contributed by atoms with van der Waals surface area (Å²) in [5.41, 5.74) is -0.298. The van der Waals surface area contributed by atoms with Gasteiger partial charge in [-0.1, -0.05) is 0 Å². The van der Waals surface area contributed by atoms with Crippen LogP contribution in [-0.4, -0.2) is 45.8 Å². The van der Waals surface area contributed by atoms with Gasteiger partial charge in [-0.3, -0.25) is 9.59 Å². The number of hydrogen-bond acceptors (Lipinski definition) is 3. The summed E-state index contributed by atoms with van der Waals surface area (Å²) in [4.78, 5) is 25.0. The molecule has 0 aliphatic carbocycles. The molecule has 0 saturated carbocycles. The van der Waals surface area contributed by atoms with E-state index in [2.05, 4.69) is 15.9 Å². The Labute approximate surface area is 117 Å². The van der Waals surface area contributed by atoms with E-state index >= 15 is 0 Å². The highest BCUT2D eigenvalue weighted by molar-refractivity contribution is 9.10. The quantitative estimate of drug-likeness (QED) is 0.878. The third-order valence-electron chi connectivity index (χ3n) is 3.15. The Morgan fingerprint density at radius 2 is 2.26 bits per heavy atom. The Kier molecular flexibility index (Phi) is 4.36. The van der Waals surface area contributed by atoms with Gasteiger partial charge in [0, 0.05) is 23.2 Å². The molecule has 19 heavy (non-hydrogen) atoms. The third kappa shape index (κ3) is 3.22. The molecular weight excluding hydrogens is 319 g/mol. The Morgan fingerprint density at radius 3 is 2.95 bits per heavy atom. The number of alkyl halides is 1. The van der Waals surface area contributed by atoms with Crippen LogP contribution in [0.5, 0.6) is 0 Å². The van der Waals surface area contributed by atoms with Crippen LogP contribution in [0.2, 0.25) is 0 Å². The Hall–Kier alpha value is -1.21. The number of likely N-dealkylation sites (tertiary alicyclic amines) is 1. The molecule has 1 saturated heterocycles. The van der Waals surface area contributed by atoms with Gasteiger partial charge in [-0.25, -0.2) is 4.39 Å². The fourth-order valence-electron chi connectivity index (χ4n) is 2.20. The highest BCUT2D eigenvalue weighted by Crippen LogP contribution is 2.20. The molecule has 5 nitrogen and oxygen atoms in total. The largest absolute Gasteiger partial charge is 0.394 e. The third-order valence-corrected chi connectivity index (χ3v) is 3.62. The highest BCUT2D eigenvalue weighted by atomic mass is 79.9. The number of aliphatic hydroxyl groups is 1. The number of halogens is 2. The maximum absolute atomic E-state index is 13.3. The van der Waals surface area contributed by atoms with Crippen molar-refractivity contribution in [2.24, 2.45) is 0 Å². The molecule has 0 spiro atoms. The Bertz CT molecular complexity index is 534. The van der Waals surface area contributed by atoms with E-state index in [0.29, 0.717) is 4.47 Å². The maximum atomic E-state index is 13.3. The number of carbonyl (C=O) groups excluding carboxylic acids is 1. The van der Waals surface area contributed by atoms with Crippen molar-refractivity contribution in [1.82, 2.24) is 9.47 Å². The number of aromatic nitrogens is 1. The van der Waals surface area contributed by atoms with Crippen LogP contribution in [-0.2, 0) is 11.3 Å². The lowest BCUT2D eigenvalue weighted by Crippen LogP contribution is -2.41. The molecule has 2 rings (SSSR count). The van der Waals surface area contributed by atoms with E-state index in [0.717, 1.165) is 0 Å². The molecule has 1 amide bonds. The van der Waals surface area contributed by atoms with Crippen molar-refractivity contribution in [3.63, 3.8) is 0 Å². The first-order valence-electron chi connectivity index (χ1n) is 5.91. The SMILES string of the molecule is O=C(Cn1cc(Br)ccc1=O)N1C[C@@H](F)C[C@H]1CO. The average molecular weight is 333 g/mol. The first-order chi connectivity index (χ1) is 9.01. The smallest absolute Gasteiger partial charge is 0.251 e. The zero-order valence-electron chi connectivity index (χ0n) is 10.1. The minimum atomic E-state index is -1.11. The predicted molar refractivity (Wildman–Crippen MR) is 70.5 cm³/mol. The Balaban J connectivity index is 2.12. The molecule has 1 aliphatic heterocycles. The summed E-state index contributed by atoms with van der Waals surface area (Å²) in [5.74, 6) is -0.362. The minimum Gasteiger partial charge on any atom is -0.394 e. The van der Waals surface area contributed by atoms with Crippen LogP contribution in [0.1, 0.15) is 6.42 Å². The van der Waals surface area contributed by atoms with E-state index in [9.17, 15) is 14.0 Å². The molecule has 0 bridgehead atoms. The van der Waals surface area contributed by atoms with E-state index in [1.165, 1.54) is 21.7 Å². The molecule has 1 fully saturated rings. The summed E-state index contributed by atoms with van der Waals surface area (Å²) in [5, 5.41) is 9.13. The summed E-state index contributed by atoms with van der Waals surface area (Å²) in [7, 11) is 0. The van der Waals surface area contributed by atoms with Crippen LogP contribution >= 0.6 is 15.9 Å². The summed E-state index contributed by atoms with van der Waals surface area (Å²) in [6.45, 7) is -0.437. The molecule has 1 aromatic rings. The van der Waals surface area contributed by atoms with Crippen LogP contribution in [0.3, 0.4) is 0 Å². The number of nitrogens with zero attached hydrogens (tertiary/aromatic N) is 2. The van der Waals surface area contributed by atoms with Crippen LogP contribution < -0.4 is 5.56 Å². The number of carbonyl (C=O) groups is 1. The first-order valence-corrected chi connectivity index (χ1v) is 6.71. The lowest BCUT2D eigenvalue weighted by molar-refractivity contribution is -0.133. The van der Waals surface area contributed by atoms with Crippen molar-refractivity contribution in [2.75, 3.05) is 13.2 Å². The van der Waals surface area contributed by atoms with E-state index < -0.39 is 12.2 Å². The van der Waals surface area contributed by atoms with Gasteiger partial charge in [-0.15, -0.1) is 0 Å². The van der Waals surface area contributed by atoms with Crippen molar-refractivity contribution in [2.45, 2.75) is 25.2 Å². The van der Waals surface area contributed by atoms with Crippen LogP contribution in [0, 0.1) is 0 Å². The summed E-state index contributed by atoms with van der Waals surface area (Å²) in [6, 6.07) is 2.45. The monoisotopic (exact) mass is 332 g/mol. The van der Waals surface area contributed by atoms with E-state index in [-0.39, 0.29) is 37.6 Å².